The van der Waals surface area contributed by atoms with E-state index >= 15 is 0 Å². The highest BCUT2D eigenvalue weighted by molar-refractivity contribution is 6.30. The van der Waals surface area contributed by atoms with Gasteiger partial charge in [0.15, 0.2) is 16.9 Å². The molecule has 0 bridgehead atoms. The Labute approximate surface area is 152 Å². The van der Waals surface area contributed by atoms with Crippen molar-refractivity contribution in [3.8, 4) is 11.3 Å². The van der Waals surface area contributed by atoms with Gasteiger partial charge in [0.1, 0.15) is 0 Å². The summed E-state index contributed by atoms with van der Waals surface area (Å²) in [6.45, 7) is 2.03. The second-order valence-electron chi connectivity index (χ2n) is 5.87. The number of aromatic nitrogens is 4. The highest BCUT2D eigenvalue weighted by Crippen LogP contribution is 2.25. The maximum absolute atomic E-state index is 12.9. The molecular weight excluding hydrogens is 356 g/mol. The van der Waals surface area contributed by atoms with Gasteiger partial charge in [0.05, 0.1) is 6.20 Å². The van der Waals surface area contributed by atoms with Gasteiger partial charge in [0.2, 0.25) is 0 Å². The average Bonchev–Trinajstić information content (AvgIpc) is 3.18. The molecule has 7 nitrogen and oxygen atoms in total. The molecule has 4 rings (SSSR count). The summed E-state index contributed by atoms with van der Waals surface area (Å²) in [6.07, 6.45) is 5.24. The lowest BCUT2D eigenvalue weighted by Gasteiger charge is -2.05. The van der Waals surface area contributed by atoms with Crippen molar-refractivity contribution in [1.29, 1.82) is 0 Å². The van der Waals surface area contributed by atoms with Gasteiger partial charge in [-0.1, -0.05) is 23.8 Å². The van der Waals surface area contributed by atoms with Crippen LogP contribution in [0.3, 0.4) is 0 Å². The van der Waals surface area contributed by atoms with E-state index in [0.29, 0.717) is 16.3 Å². The van der Waals surface area contributed by atoms with Gasteiger partial charge in [-0.15, -0.1) is 0 Å². The Morgan fingerprint density at radius 3 is 2.65 bits per heavy atom. The van der Waals surface area contributed by atoms with Crippen LogP contribution in [-0.4, -0.2) is 18.5 Å². The fourth-order valence-electron chi connectivity index (χ4n) is 2.87. The number of fused-ring (bicyclic) bond motifs is 3. The van der Waals surface area contributed by atoms with E-state index in [-0.39, 0.29) is 18.0 Å². The number of oxazole rings is 1. The molecule has 4 aromatic rings. The number of imidazole rings is 1. The maximum Gasteiger partial charge on any atom is 0.332 e. The average molecular weight is 371 g/mol. The first-order chi connectivity index (χ1) is 12.5. The lowest BCUT2D eigenvalue weighted by molar-refractivity contribution is 0.610. The summed E-state index contributed by atoms with van der Waals surface area (Å²) < 4.78 is 9.88. The molecule has 0 amide bonds. The van der Waals surface area contributed by atoms with Crippen LogP contribution in [0.1, 0.15) is 6.92 Å². The Hall–Kier alpha value is -3.06. The monoisotopic (exact) mass is 370 g/mol. The summed E-state index contributed by atoms with van der Waals surface area (Å²) in [4.78, 5) is 29.6. The predicted octanol–water partition coefficient (Wildman–Crippen LogP) is 2.84. The second-order valence-corrected chi connectivity index (χ2v) is 6.30. The number of nitrogens with zero attached hydrogens (tertiary/aromatic N) is 4. The zero-order valence-electron chi connectivity index (χ0n) is 14.1. The fraction of sp³-hybridized carbons (Fsp3) is 0.167. The van der Waals surface area contributed by atoms with Gasteiger partial charge in [0, 0.05) is 24.2 Å². The molecule has 0 spiro atoms. The molecule has 132 valence electrons. The molecular formula is C18H15ClN4O3. The van der Waals surface area contributed by atoms with Crippen LogP contribution in [-0.2, 0) is 13.6 Å². The Morgan fingerprint density at radius 2 is 1.96 bits per heavy atom. The van der Waals surface area contributed by atoms with Gasteiger partial charge in [-0.2, -0.15) is 4.98 Å². The van der Waals surface area contributed by atoms with Gasteiger partial charge in [-0.3, -0.25) is 18.3 Å². The second kappa shape index (κ2) is 6.03. The standard InChI is InChI=1S/C18H15ClN4O3/c1-3-4-9-22-16(24)14-15(21(2)18(22)25)20-17-23(14)10-13(26-17)11-5-7-12(19)8-6-11/h3-8,10H,9H2,1-2H3/b4-3+. The first-order valence-corrected chi connectivity index (χ1v) is 8.37. The SMILES string of the molecule is C/C=C/Cn1c(=O)c2c(nc3oc(-c4ccc(Cl)cc4)cn32)n(C)c1=O. The summed E-state index contributed by atoms with van der Waals surface area (Å²) >= 11 is 5.92. The molecule has 0 aliphatic heterocycles. The molecule has 8 heteroatoms. The third-order valence-corrected chi connectivity index (χ3v) is 4.50. The maximum atomic E-state index is 12.9. The van der Waals surface area contributed by atoms with E-state index in [9.17, 15) is 9.59 Å². The van der Waals surface area contributed by atoms with Crippen molar-refractivity contribution in [3.05, 3.63) is 68.5 Å². The van der Waals surface area contributed by atoms with Crippen LogP contribution >= 0.6 is 11.6 Å². The van der Waals surface area contributed by atoms with Crippen LogP contribution in [0.4, 0.5) is 0 Å². The van der Waals surface area contributed by atoms with E-state index in [0.717, 1.165) is 5.56 Å². The van der Waals surface area contributed by atoms with E-state index in [1.807, 2.05) is 19.1 Å². The third-order valence-electron chi connectivity index (χ3n) is 4.24. The molecule has 0 atom stereocenters. The summed E-state index contributed by atoms with van der Waals surface area (Å²) in [5, 5.41) is 0.623. The zero-order chi connectivity index (χ0) is 18.4. The highest BCUT2D eigenvalue weighted by Gasteiger charge is 2.19. The molecule has 0 aliphatic carbocycles. The van der Waals surface area contributed by atoms with E-state index < -0.39 is 11.2 Å². The number of halogens is 1. The predicted molar refractivity (Wildman–Crippen MR) is 99.7 cm³/mol. The minimum absolute atomic E-state index is 0.201. The first kappa shape index (κ1) is 16.4. The number of hydrogen-bond acceptors (Lipinski definition) is 4. The number of rotatable bonds is 3. The zero-order valence-corrected chi connectivity index (χ0v) is 14.9. The van der Waals surface area contributed by atoms with Crippen molar-refractivity contribution in [3.63, 3.8) is 0 Å². The van der Waals surface area contributed by atoms with Crippen LogP contribution in [0.5, 0.6) is 0 Å². The lowest BCUT2D eigenvalue weighted by atomic mass is 10.2. The molecule has 0 aliphatic rings. The lowest BCUT2D eigenvalue weighted by Crippen LogP contribution is -2.39. The number of hydrogen-bond donors (Lipinski definition) is 0. The molecule has 26 heavy (non-hydrogen) atoms. The van der Waals surface area contributed by atoms with Crippen molar-refractivity contribution >= 4 is 28.6 Å². The van der Waals surface area contributed by atoms with Crippen molar-refractivity contribution in [2.24, 2.45) is 7.05 Å². The van der Waals surface area contributed by atoms with Crippen LogP contribution in [0.2, 0.25) is 5.02 Å². The Kier molecular flexibility index (Phi) is 3.81. The van der Waals surface area contributed by atoms with Crippen LogP contribution in [0.25, 0.3) is 28.3 Å². The van der Waals surface area contributed by atoms with Gasteiger partial charge >= 0.3 is 11.5 Å². The first-order valence-electron chi connectivity index (χ1n) is 7.99. The van der Waals surface area contributed by atoms with Gasteiger partial charge in [-0.25, -0.2) is 4.79 Å². The fourth-order valence-corrected chi connectivity index (χ4v) is 3.00. The minimum atomic E-state index is -0.417. The van der Waals surface area contributed by atoms with Crippen molar-refractivity contribution in [2.45, 2.75) is 13.5 Å². The Morgan fingerprint density at radius 1 is 1.23 bits per heavy atom. The molecule has 0 fully saturated rings. The topological polar surface area (TPSA) is 74.4 Å². The number of benzene rings is 1. The van der Waals surface area contributed by atoms with Crippen molar-refractivity contribution in [1.82, 2.24) is 18.5 Å². The molecule has 0 N–H and O–H groups in total. The van der Waals surface area contributed by atoms with E-state index in [1.165, 1.54) is 9.13 Å². The molecule has 3 heterocycles. The van der Waals surface area contributed by atoms with Crippen LogP contribution in [0, 0.1) is 0 Å². The van der Waals surface area contributed by atoms with Crippen molar-refractivity contribution in [2.75, 3.05) is 0 Å². The molecule has 0 saturated heterocycles. The number of allylic oxidation sites excluding steroid dienone is 2. The Bertz CT molecular complexity index is 1270. The van der Waals surface area contributed by atoms with Crippen LogP contribution < -0.4 is 11.2 Å². The quantitative estimate of drug-likeness (QED) is 0.520. The summed E-state index contributed by atoms with van der Waals surface area (Å²) in [6, 6.07) is 7.16. The summed E-state index contributed by atoms with van der Waals surface area (Å²) in [5.41, 5.74) is 0.581. The summed E-state index contributed by atoms with van der Waals surface area (Å²) in [7, 11) is 1.59. The van der Waals surface area contributed by atoms with Gasteiger partial charge in [-0.05, 0) is 31.2 Å². The largest absolute Gasteiger partial charge is 0.423 e. The normalized spacial score (nSPS) is 12.0. The summed E-state index contributed by atoms with van der Waals surface area (Å²) in [5.74, 6) is 0.806. The van der Waals surface area contributed by atoms with Gasteiger partial charge in [0.25, 0.3) is 5.56 Å². The van der Waals surface area contributed by atoms with E-state index in [1.54, 1.807) is 41.9 Å². The molecule has 3 aromatic heterocycles. The highest BCUT2D eigenvalue weighted by atomic mass is 35.5. The smallest absolute Gasteiger partial charge is 0.332 e. The van der Waals surface area contributed by atoms with Crippen LogP contribution in [0.15, 0.2) is 56.6 Å². The van der Waals surface area contributed by atoms with E-state index in [4.69, 9.17) is 16.0 Å². The molecule has 0 radical (unpaired) electrons. The third kappa shape index (κ3) is 2.40. The molecule has 1 aromatic carbocycles. The molecule has 0 unspecified atom stereocenters. The number of aryl methyl sites for hydroxylation is 1. The molecule has 0 saturated carbocycles. The van der Waals surface area contributed by atoms with E-state index in [2.05, 4.69) is 4.98 Å². The Balaban J connectivity index is 2.00. The minimum Gasteiger partial charge on any atom is -0.423 e. The van der Waals surface area contributed by atoms with Gasteiger partial charge < -0.3 is 4.42 Å². The van der Waals surface area contributed by atoms with Crippen molar-refractivity contribution < 1.29 is 4.42 Å².